The Morgan fingerprint density at radius 1 is 1.19 bits per heavy atom. The number of anilines is 1. The van der Waals surface area contributed by atoms with Gasteiger partial charge in [-0.2, -0.15) is 13.2 Å². The van der Waals surface area contributed by atoms with Crippen LogP contribution in [0.1, 0.15) is 24.8 Å². The summed E-state index contributed by atoms with van der Waals surface area (Å²) < 4.78 is 51.9. The van der Waals surface area contributed by atoms with E-state index in [2.05, 4.69) is 5.32 Å². The van der Waals surface area contributed by atoms with E-state index in [1.807, 2.05) is 0 Å². The number of hydrogen-bond acceptors (Lipinski definition) is 2. The normalized spacial score (nSPS) is 23.0. The van der Waals surface area contributed by atoms with Gasteiger partial charge in [-0.25, -0.2) is 4.39 Å². The molecule has 0 spiro atoms. The number of alkyl halides is 3. The second kappa shape index (κ2) is 4.98. The van der Waals surface area contributed by atoms with Crippen LogP contribution < -0.4 is 10.2 Å². The van der Waals surface area contributed by atoms with Gasteiger partial charge < -0.3 is 10.2 Å². The van der Waals surface area contributed by atoms with Crippen LogP contribution in [0.25, 0.3) is 0 Å². The first-order valence-electron chi connectivity index (χ1n) is 6.80. The van der Waals surface area contributed by atoms with E-state index in [1.165, 1.54) is 0 Å². The van der Waals surface area contributed by atoms with Gasteiger partial charge in [-0.05, 0) is 37.5 Å². The van der Waals surface area contributed by atoms with Gasteiger partial charge in [0.05, 0.1) is 17.3 Å². The molecule has 1 aromatic rings. The molecule has 1 aromatic carbocycles. The summed E-state index contributed by atoms with van der Waals surface area (Å²) >= 11 is 0. The largest absolute Gasteiger partial charge is 0.416 e. The Kier molecular flexibility index (Phi) is 3.39. The lowest BCUT2D eigenvalue weighted by atomic mass is 10.1. The molecule has 1 atom stereocenters. The molecule has 1 aliphatic carbocycles. The summed E-state index contributed by atoms with van der Waals surface area (Å²) in [6, 6.07) is 2.02. The van der Waals surface area contributed by atoms with Gasteiger partial charge in [0.25, 0.3) is 0 Å². The van der Waals surface area contributed by atoms with Crippen LogP contribution in [0, 0.1) is 5.82 Å². The molecule has 1 N–H and O–H groups in total. The highest BCUT2D eigenvalue weighted by molar-refractivity contribution is 5.99. The molecule has 1 saturated carbocycles. The number of carbonyl (C=O) groups excluding carboxylic acids is 1. The maximum Gasteiger partial charge on any atom is 0.416 e. The van der Waals surface area contributed by atoms with Crippen LogP contribution in [-0.4, -0.2) is 24.5 Å². The highest BCUT2D eigenvalue weighted by Crippen LogP contribution is 2.34. The molecule has 0 aromatic heterocycles. The minimum absolute atomic E-state index is 0.224. The monoisotopic (exact) mass is 302 g/mol. The molecule has 0 radical (unpaired) electrons. The van der Waals surface area contributed by atoms with Crippen LogP contribution in [0.3, 0.4) is 0 Å². The highest BCUT2D eigenvalue weighted by atomic mass is 19.4. The zero-order chi connectivity index (χ0) is 15.2. The maximum atomic E-state index is 13.8. The fraction of sp³-hybridized carbons (Fsp3) is 0.500. The molecule has 1 amide bonds. The third kappa shape index (κ3) is 2.88. The quantitative estimate of drug-likeness (QED) is 0.871. The molecular weight excluding hydrogens is 288 g/mol. The summed E-state index contributed by atoms with van der Waals surface area (Å²) in [6.45, 7) is 0.224. The molecule has 1 saturated heterocycles. The summed E-state index contributed by atoms with van der Waals surface area (Å²) in [5, 5.41) is 3.13. The first-order chi connectivity index (χ1) is 9.86. The van der Waals surface area contributed by atoms with Crippen molar-refractivity contribution in [1.82, 2.24) is 5.32 Å². The van der Waals surface area contributed by atoms with E-state index in [-0.39, 0.29) is 18.1 Å². The van der Waals surface area contributed by atoms with Crippen molar-refractivity contribution in [2.24, 2.45) is 0 Å². The van der Waals surface area contributed by atoms with Gasteiger partial charge in [-0.1, -0.05) is 0 Å². The second-order valence-corrected chi connectivity index (χ2v) is 5.44. The molecule has 2 fully saturated rings. The average Bonchev–Trinajstić information content (AvgIpc) is 3.15. The van der Waals surface area contributed by atoms with E-state index >= 15 is 0 Å². The summed E-state index contributed by atoms with van der Waals surface area (Å²) in [5.41, 5.74) is -1.25. The lowest BCUT2D eigenvalue weighted by Gasteiger charge is -2.19. The van der Waals surface area contributed by atoms with Crippen LogP contribution >= 0.6 is 0 Å². The third-order valence-corrected chi connectivity index (χ3v) is 3.78. The van der Waals surface area contributed by atoms with Crippen molar-refractivity contribution in [2.75, 3.05) is 11.4 Å². The smallest absolute Gasteiger partial charge is 0.308 e. The number of benzene rings is 1. The Labute approximate surface area is 118 Å². The average molecular weight is 302 g/mol. The molecule has 114 valence electrons. The van der Waals surface area contributed by atoms with E-state index in [0.717, 1.165) is 23.8 Å². The van der Waals surface area contributed by atoms with Gasteiger partial charge in [0, 0.05) is 12.6 Å². The van der Waals surface area contributed by atoms with E-state index in [9.17, 15) is 22.4 Å². The van der Waals surface area contributed by atoms with Gasteiger partial charge >= 0.3 is 6.18 Å². The Hall–Kier alpha value is -1.63. The fourth-order valence-electron chi connectivity index (χ4n) is 2.50. The van der Waals surface area contributed by atoms with Crippen molar-refractivity contribution in [3.8, 4) is 0 Å². The van der Waals surface area contributed by atoms with Crippen LogP contribution in [-0.2, 0) is 11.0 Å². The lowest BCUT2D eigenvalue weighted by Crippen LogP contribution is -2.39. The number of carbonyl (C=O) groups is 1. The van der Waals surface area contributed by atoms with E-state index in [0.29, 0.717) is 24.6 Å². The van der Waals surface area contributed by atoms with E-state index in [4.69, 9.17) is 0 Å². The Bertz CT molecular complexity index is 569. The SMILES string of the molecule is O=C1C(NC2CC2)CCN1c1cc(C(F)(F)F)ccc1F. The minimum atomic E-state index is -4.56. The summed E-state index contributed by atoms with van der Waals surface area (Å²) in [4.78, 5) is 13.3. The number of nitrogens with one attached hydrogen (secondary N) is 1. The molecule has 1 unspecified atom stereocenters. The maximum absolute atomic E-state index is 13.8. The predicted molar refractivity (Wildman–Crippen MR) is 68.3 cm³/mol. The second-order valence-electron chi connectivity index (χ2n) is 5.44. The fourth-order valence-corrected chi connectivity index (χ4v) is 2.50. The number of nitrogens with zero attached hydrogens (tertiary/aromatic N) is 1. The van der Waals surface area contributed by atoms with Crippen molar-refractivity contribution < 1.29 is 22.4 Å². The highest BCUT2D eigenvalue weighted by Gasteiger charge is 2.38. The topological polar surface area (TPSA) is 32.3 Å². The lowest BCUT2D eigenvalue weighted by molar-refractivity contribution is -0.137. The molecule has 1 heterocycles. The summed E-state index contributed by atoms with van der Waals surface area (Å²) in [7, 11) is 0. The predicted octanol–water partition coefficient (Wildman–Crippen LogP) is 2.70. The zero-order valence-corrected chi connectivity index (χ0v) is 11.1. The van der Waals surface area contributed by atoms with Gasteiger partial charge in [0.2, 0.25) is 5.91 Å². The van der Waals surface area contributed by atoms with Gasteiger partial charge in [0.1, 0.15) is 5.82 Å². The van der Waals surface area contributed by atoms with Gasteiger partial charge in [-0.15, -0.1) is 0 Å². The van der Waals surface area contributed by atoms with Crippen LogP contribution in [0.4, 0.5) is 23.2 Å². The molecule has 3 nitrogen and oxygen atoms in total. The van der Waals surface area contributed by atoms with Crippen LogP contribution in [0.5, 0.6) is 0 Å². The van der Waals surface area contributed by atoms with Crippen molar-refractivity contribution in [1.29, 1.82) is 0 Å². The molecule has 3 rings (SSSR count). The first-order valence-corrected chi connectivity index (χ1v) is 6.80. The number of rotatable bonds is 3. The molecule has 1 aliphatic heterocycles. The molecule has 21 heavy (non-hydrogen) atoms. The van der Waals surface area contributed by atoms with Crippen LogP contribution in [0.2, 0.25) is 0 Å². The summed E-state index contributed by atoms with van der Waals surface area (Å²) in [5.74, 6) is -1.18. The molecule has 0 bridgehead atoms. The third-order valence-electron chi connectivity index (χ3n) is 3.78. The summed E-state index contributed by atoms with van der Waals surface area (Å²) in [6.07, 6.45) is -2.08. The van der Waals surface area contributed by atoms with E-state index in [1.54, 1.807) is 0 Å². The minimum Gasteiger partial charge on any atom is -0.308 e. The Morgan fingerprint density at radius 3 is 2.52 bits per heavy atom. The molecule has 2 aliphatic rings. The van der Waals surface area contributed by atoms with Crippen molar-refractivity contribution in [3.05, 3.63) is 29.6 Å². The van der Waals surface area contributed by atoms with E-state index < -0.39 is 23.6 Å². The number of amides is 1. The number of halogens is 4. The van der Waals surface area contributed by atoms with Crippen molar-refractivity contribution in [3.63, 3.8) is 0 Å². The zero-order valence-electron chi connectivity index (χ0n) is 11.1. The molecular formula is C14H14F4N2O. The Balaban J connectivity index is 1.84. The van der Waals surface area contributed by atoms with Crippen molar-refractivity contribution >= 4 is 11.6 Å². The first kappa shape index (κ1) is 14.3. The number of hydrogen-bond donors (Lipinski definition) is 1. The standard InChI is InChI=1S/C14H14F4N2O/c15-10-4-1-8(14(16,17)18)7-12(10)20-6-5-11(13(20)21)19-9-2-3-9/h1,4,7,9,11,19H,2-3,5-6H2. The van der Waals surface area contributed by atoms with Gasteiger partial charge in [0.15, 0.2) is 0 Å². The van der Waals surface area contributed by atoms with Crippen molar-refractivity contribution in [2.45, 2.75) is 37.5 Å². The molecule has 7 heteroatoms. The van der Waals surface area contributed by atoms with Gasteiger partial charge in [-0.3, -0.25) is 4.79 Å². The van der Waals surface area contributed by atoms with Crippen LogP contribution in [0.15, 0.2) is 18.2 Å². The Morgan fingerprint density at radius 2 is 1.90 bits per heavy atom.